The molecule has 2 rings (SSSR count). The lowest BCUT2D eigenvalue weighted by atomic mass is 10.1. The van der Waals surface area contributed by atoms with Crippen molar-refractivity contribution in [3.05, 3.63) is 47.9 Å². The van der Waals surface area contributed by atoms with E-state index in [2.05, 4.69) is 4.98 Å². The summed E-state index contributed by atoms with van der Waals surface area (Å²) in [7, 11) is 0. The number of aryl methyl sites for hydroxylation is 2. The average Bonchev–Trinajstić information content (AvgIpc) is 2.74. The van der Waals surface area contributed by atoms with E-state index in [1.54, 1.807) is 24.6 Å². The van der Waals surface area contributed by atoms with Gasteiger partial charge in [0.15, 0.2) is 5.89 Å². The van der Waals surface area contributed by atoms with Gasteiger partial charge in [-0.3, -0.25) is 0 Å². The smallest absolute Gasteiger partial charge is 0.193 e. The van der Waals surface area contributed by atoms with Crippen LogP contribution in [0.15, 0.2) is 35.1 Å². The summed E-state index contributed by atoms with van der Waals surface area (Å²) in [5, 5.41) is 0. The molecule has 0 radical (unpaired) electrons. The standard InChI is InChI=1S/C12H13FN2O/c13-11-8-10(14)5-4-9(11)2-1-3-12-15-6-7-16-12/h4-8H,1-3,14H2. The molecule has 0 unspecified atom stereocenters. The quantitative estimate of drug-likeness (QED) is 0.805. The third-order valence-corrected chi connectivity index (χ3v) is 2.40. The molecule has 0 fully saturated rings. The van der Waals surface area contributed by atoms with Crippen LogP contribution in [-0.2, 0) is 12.8 Å². The van der Waals surface area contributed by atoms with Gasteiger partial charge in [0, 0.05) is 12.1 Å². The second-order valence-corrected chi connectivity index (χ2v) is 3.63. The van der Waals surface area contributed by atoms with Gasteiger partial charge in [-0.15, -0.1) is 0 Å². The van der Waals surface area contributed by atoms with Gasteiger partial charge in [0.25, 0.3) is 0 Å². The number of nitrogen functional groups attached to an aromatic ring is 1. The highest BCUT2D eigenvalue weighted by Crippen LogP contribution is 2.14. The zero-order valence-corrected chi connectivity index (χ0v) is 8.82. The number of halogens is 1. The number of hydrogen-bond donors (Lipinski definition) is 1. The van der Waals surface area contributed by atoms with Crippen molar-refractivity contribution in [3.8, 4) is 0 Å². The van der Waals surface area contributed by atoms with E-state index in [9.17, 15) is 4.39 Å². The molecule has 0 saturated carbocycles. The molecule has 84 valence electrons. The minimum atomic E-state index is -0.243. The van der Waals surface area contributed by atoms with Gasteiger partial charge in [-0.2, -0.15) is 0 Å². The van der Waals surface area contributed by atoms with Gasteiger partial charge in [-0.1, -0.05) is 6.07 Å². The Hall–Kier alpha value is -1.84. The highest BCUT2D eigenvalue weighted by Gasteiger charge is 2.03. The van der Waals surface area contributed by atoms with Crippen LogP contribution < -0.4 is 5.73 Å². The summed E-state index contributed by atoms with van der Waals surface area (Å²) in [6.07, 6.45) is 5.34. The second-order valence-electron chi connectivity index (χ2n) is 3.63. The Bertz CT molecular complexity index is 454. The molecule has 0 amide bonds. The summed E-state index contributed by atoms with van der Waals surface area (Å²) in [6, 6.07) is 4.78. The average molecular weight is 220 g/mol. The van der Waals surface area contributed by atoms with Crippen LogP contribution in [0.25, 0.3) is 0 Å². The zero-order valence-electron chi connectivity index (χ0n) is 8.82. The highest BCUT2D eigenvalue weighted by molar-refractivity contribution is 5.40. The lowest BCUT2D eigenvalue weighted by Gasteiger charge is -2.02. The van der Waals surface area contributed by atoms with E-state index in [-0.39, 0.29) is 5.82 Å². The van der Waals surface area contributed by atoms with Crippen molar-refractivity contribution in [2.45, 2.75) is 19.3 Å². The molecule has 1 aromatic carbocycles. The Morgan fingerprint density at radius 2 is 2.19 bits per heavy atom. The van der Waals surface area contributed by atoms with Gasteiger partial charge in [0.2, 0.25) is 0 Å². The van der Waals surface area contributed by atoms with E-state index in [1.165, 1.54) is 6.07 Å². The van der Waals surface area contributed by atoms with E-state index in [0.717, 1.165) is 12.8 Å². The van der Waals surface area contributed by atoms with E-state index >= 15 is 0 Å². The van der Waals surface area contributed by atoms with Gasteiger partial charge in [0.1, 0.15) is 12.1 Å². The van der Waals surface area contributed by atoms with Crippen molar-refractivity contribution in [2.75, 3.05) is 5.73 Å². The molecule has 0 bridgehead atoms. The van der Waals surface area contributed by atoms with Crippen LogP contribution in [-0.4, -0.2) is 4.98 Å². The number of anilines is 1. The first-order chi connectivity index (χ1) is 7.75. The normalized spacial score (nSPS) is 10.6. The van der Waals surface area contributed by atoms with E-state index in [1.807, 2.05) is 0 Å². The first-order valence-electron chi connectivity index (χ1n) is 5.18. The number of aromatic nitrogens is 1. The topological polar surface area (TPSA) is 52.0 Å². The van der Waals surface area contributed by atoms with Crippen LogP contribution in [0.3, 0.4) is 0 Å². The summed E-state index contributed by atoms with van der Waals surface area (Å²) in [4.78, 5) is 4.00. The highest BCUT2D eigenvalue weighted by atomic mass is 19.1. The Morgan fingerprint density at radius 1 is 1.31 bits per heavy atom. The fraction of sp³-hybridized carbons (Fsp3) is 0.250. The summed E-state index contributed by atoms with van der Waals surface area (Å²) < 4.78 is 18.5. The maximum Gasteiger partial charge on any atom is 0.193 e. The Balaban J connectivity index is 1.90. The lowest BCUT2D eigenvalue weighted by Crippen LogP contribution is -1.95. The minimum absolute atomic E-state index is 0.243. The molecule has 0 aliphatic rings. The predicted octanol–water partition coefficient (Wildman–Crippen LogP) is 2.57. The number of benzene rings is 1. The number of oxazole rings is 1. The maximum atomic E-state index is 13.4. The number of hydrogen-bond acceptors (Lipinski definition) is 3. The zero-order chi connectivity index (χ0) is 11.4. The largest absolute Gasteiger partial charge is 0.449 e. The first kappa shape index (κ1) is 10.7. The third kappa shape index (κ3) is 2.59. The van der Waals surface area contributed by atoms with Crippen molar-refractivity contribution in [2.24, 2.45) is 0 Å². The molecule has 2 aromatic rings. The van der Waals surface area contributed by atoms with E-state index in [4.69, 9.17) is 10.2 Å². The van der Waals surface area contributed by atoms with Gasteiger partial charge in [0.05, 0.1) is 6.20 Å². The fourth-order valence-electron chi connectivity index (χ4n) is 1.57. The molecule has 0 saturated heterocycles. The van der Waals surface area contributed by atoms with Gasteiger partial charge in [-0.05, 0) is 30.5 Å². The molecule has 0 spiro atoms. The summed E-state index contributed by atoms with van der Waals surface area (Å²) in [6.45, 7) is 0. The Labute approximate surface area is 93.1 Å². The Kier molecular flexibility index (Phi) is 3.19. The summed E-state index contributed by atoms with van der Waals surface area (Å²) in [5.74, 6) is 0.447. The molecular formula is C12H13FN2O. The monoisotopic (exact) mass is 220 g/mol. The second kappa shape index (κ2) is 4.79. The van der Waals surface area contributed by atoms with Crippen LogP contribution in [0.4, 0.5) is 10.1 Å². The number of nitrogens with two attached hydrogens (primary N) is 1. The van der Waals surface area contributed by atoms with Crippen molar-refractivity contribution in [1.82, 2.24) is 4.98 Å². The molecule has 1 aromatic heterocycles. The minimum Gasteiger partial charge on any atom is -0.449 e. The molecule has 4 heteroatoms. The van der Waals surface area contributed by atoms with Crippen LogP contribution in [0.5, 0.6) is 0 Å². The van der Waals surface area contributed by atoms with Gasteiger partial charge < -0.3 is 10.2 Å². The summed E-state index contributed by atoms with van der Waals surface area (Å²) in [5.41, 5.74) is 6.60. The first-order valence-corrected chi connectivity index (χ1v) is 5.18. The van der Waals surface area contributed by atoms with Crippen molar-refractivity contribution in [1.29, 1.82) is 0 Å². The molecule has 0 aliphatic carbocycles. The SMILES string of the molecule is Nc1ccc(CCCc2ncco2)c(F)c1. The predicted molar refractivity (Wildman–Crippen MR) is 59.3 cm³/mol. The molecule has 16 heavy (non-hydrogen) atoms. The molecule has 0 aliphatic heterocycles. The number of nitrogens with zero attached hydrogens (tertiary/aromatic N) is 1. The maximum absolute atomic E-state index is 13.4. The molecule has 2 N–H and O–H groups in total. The molecule has 1 heterocycles. The van der Waals surface area contributed by atoms with Gasteiger partial charge in [-0.25, -0.2) is 9.37 Å². The molecule has 0 atom stereocenters. The van der Waals surface area contributed by atoms with Crippen molar-refractivity contribution < 1.29 is 8.81 Å². The van der Waals surface area contributed by atoms with Crippen molar-refractivity contribution >= 4 is 5.69 Å². The van der Waals surface area contributed by atoms with E-state index < -0.39 is 0 Å². The van der Waals surface area contributed by atoms with Crippen LogP contribution in [0.2, 0.25) is 0 Å². The lowest BCUT2D eigenvalue weighted by molar-refractivity contribution is 0.485. The fourth-order valence-corrected chi connectivity index (χ4v) is 1.57. The van der Waals surface area contributed by atoms with Crippen LogP contribution in [0.1, 0.15) is 17.9 Å². The van der Waals surface area contributed by atoms with E-state index in [0.29, 0.717) is 23.6 Å². The Morgan fingerprint density at radius 3 is 2.88 bits per heavy atom. The third-order valence-electron chi connectivity index (χ3n) is 2.40. The van der Waals surface area contributed by atoms with Crippen molar-refractivity contribution in [3.63, 3.8) is 0 Å². The summed E-state index contributed by atoms with van der Waals surface area (Å²) >= 11 is 0. The van der Waals surface area contributed by atoms with Crippen LogP contribution >= 0.6 is 0 Å². The molecule has 3 nitrogen and oxygen atoms in total. The van der Waals surface area contributed by atoms with Gasteiger partial charge >= 0.3 is 0 Å². The number of rotatable bonds is 4. The van der Waals surface area contributed by atoms with Crippen LogP contribution in [0, 0.1) is 5.82 Å². The molecular weight excluding hydrogens is 207 g/mol.